The number of carbonyl (C=O) groups is 1. The molecule has 1 saturated heterocycles. The number of hydrogen-bond donors (Lipinski definition) is 0. The SMILES string of the molecule is CCOC(=O)C=CC=C1CN(C(c2ccccc2)c2ccccc2)C1. The molecule has 0 N–H and O–H groups in total. The van der Waals surface area contributed by atoms with Crippen LogP contribution in [0, 0.1) is 0 Å². The maximum atomic E-state index is 11.3. The van der Waals surface area contributed by atoms with E-state index in [0.29, 0.717) is 6.61 Å². The zero-order valence-corrected chi connectivity index (χ0v) is 14.5. The van der Waals surface area contributed by atoms with Gasteiger partial charge in [-0.2, -0.15) is 0 Å². The highest BCUT2D eigenvalue weighted by atomic mass is 16.5. The third-order valence-corrected chi connectivity index (χ3v) is 4.26. The zero-order chi connectivity index (χ0) is 17.5. The molecule has 0 spiro atoms. The Morgan fingerprint density at radius 2 is 1.60 bits per heavy atom. The van der Waals surface area contributed by atoms with E-state index in [2.05, 4.69) is 53.4 Å². The molecule has 25 heavy (non-hydrogen) atoms. The van der Waals surface area contributed by atoms with Gasteiger partial charge in [0, 0.05) is 19.2 Å². The molecule has 1 aliphatic rings. The first kappa shape index (κ1) is 17.2. The van der Waals surface area contributed by atoms with E-state index < -0.39 is 0 Å². The average molecular weight is 333 g/mol. The average Bonchev–Trinajstić information content (AvgIpc) is 2.61. The van der Waals surface area contributed by atoms with Crippen LogP contribution in [0.2, 0.25) is 0 Å². The number of carbonyl (C=O) groups excluding carboxylic acids is 1. The van der Waals surface area contributed by atoms with Crippen molar-refractivity contribution in [3.8, 4) is 0 Å². The molecule has 1 heterocycles. The number of rotatable bonds is 6. The van der Waals surface area contributed by atoms with Gasteiger partial charge in [0.05, 0.1) is 12.6 Å². The fourth-order valence-corrected chi connectivity index (χ4v) is 3.10. The molecule has 0 aliphatic carbocycles. The summed E-state index contributed by atoms with van der Waals surface area (Å²) in [6.07, 6.45) is 5.27. The van der Waals surface area contributed by atoms with Gasteiger partial charge in [0.15, 0.2) is 0 Å². The Morgan fingerprint density at radius 3 is 2.12 bits per heavy atom. The van der Waals surface area contributed by atoms with E-state index in [9.17, 15) is 4.79 Å². The van der Waals surface area contributed by atoms with Gasteiger partial charge in [0.25, 0.3) is 0 Å². The van der Waals surface area contributed by atoms with Gasteiger partial charge in [-0.15, -0.1) is 0 Å². The van der Waals surface area contributed by atoms with Crippen molar-refractivity contribution in [3.63, 3.8) is 0 Å². The molecule has 1 aliphatic heterocycles. The standard InChI is InChI=1S/C22H23NO2/c1-2-25-21(24)15-9-10-18-16-23(17-18)22(19-11-5-3-6-12-19)20-13-7-4-8-14-20/h3-15,22H,2,16-17H2,1H3. The summed E-state index contributed by atoms with van der Waals surface area (Å²) in [7, 11) is 0. The van der Waals surface area contributed by atoms with Crippen LogP contribution in [0.4, 0.5) is 0 Å². The van der Waals surface area contributed by atoms with Crippen LogP contribution in [0.1, 0.15) is 24.1 Å². The fourth-order valence-electron chi connectivity index (χ4n) is 3.10. The van der Waals surface area contributed by atoms with E-state index in [4.69, 9.17) is 4.74 Å². The summed E-state index contributed by atoms with van der Waals surface area (Å²) in [6, 6.07) is 21.4. The molecule has 3 nitrogen and oxygen atoms in total. The Kier molecular flexibility index (Phi) is 5.81. The normalized spacial score (nSPS) is 14.6. The zero-order valence-electron chi connectivity index (χ0n) is 14.5. The van der Waals surface area contributed by atoms with E-state index in [1.165, 1.54) is 22.8 Å². The van der Waals surface area contributed by atoms with Crippen LogP contribution < -0.4 is 0 Å². The Bertz CT molecular complexity index is 703. The maximum Gasteiger partial charge on any atom is 0.330 e. The van der Waals surface area contributed by atoms with Crippen molar-refractivity contribution < 1.29 is 9.53 Å². The number of nitrogens with zero attached hydrogens (tertiary/aromatic N) is 1. The van der Waals surface area contributed by atoms with Gasteiger partial charge in [0.2, 0.25) is 0 Å². The number of esters is 1. The number of ether oxygens (including phenoxy) is 1. The summed E-state index contributed by atoms with van der Waals surface area (Å²) in [5.41, 5.74) is 3.92. The Hall–Kier alpha value is -2.65. The summed E-state index contributed by atoms with van der Waals surface area (Å²) < 4.78 is 4.88. The lowest BCUT2D eigenvalue weighted by Crippen LogP contribution is -2.43. The topological polar surface area (TPSA) is 29.5 Å². The minimum atomic E-state index is -0.290. The van der Waals surface area contributed by atoms with Crippen molar-refractivity contribution in [2.45, 2.75) is 13.0 Å². The van der Waals surface area contributed by atoms with Crippen molar-refractivity contribution in [2.75, 3.05) is 19.7 Å². The van der Waals surface area contributed by atoms with E-state index >= 15 is 0 Å². The molecule has 128 valence electrons. The lowest BCUT2D eigenvalue weighted by atomic mass is 9.93. The number of benzene rings is 2. The second-order valence-corrected chi connectivity index (χ2v) is 6.06. The fraction of sp³-hybridized carbons (Fsp3) is 0.227. The lowest BCUT2D eigenvalue weighted by Gasteiger charge is -2.41. The van der Waals surface area contributed by atoms with Crippen LogP contribution in [0.25, 0.3) is 0 Å². The van der Waals surface area contributed by atoms with Crippen LogP contribution in [-0.2, 0) is 9.53 Å². The molecule has 3 rings (SSSR count). The number of hydrogen-bond acceptors (Lipinski definition) is 3. The quantitative estimate of drug-likeness (QED) is 0.588. The molecule has 3 heteroatoms. The predicted octanol–water partition coefficient (Wildman–Crippen LogP) is 4.14. The van der Waals surface area contributed by atoms with E-state index in [-0.39, 0.29) is 12.0 Å². The van der Waals surface area contributed by atoms with E-state index in [1.54, 1.807) is 13.0 Å². The van der Waals surface area contributed by atoms with Crippen molar-refractivity contribution >= 4 is 5.97 Å². The second kappa shape index (κ2) is 8.45. The second-order valence-electron chi connectivity index (χ2n) is 6.06. The van der Waals surface area contributed by atoms with Gasteiger partial charge < -0.3 is 4.74 Å². The molecular formula is C22H23NO2. The van der Waals surface area contributed by atoms with Crippen LogP contribution in [0.15, 0.2) is 84.5 Å². The van der Waals surface area contributed by atoms with Crippen molar-refractivity contribution in [1.29, 1.82) is 0 Å². The number of allylic oxidation sites excluding steroid dienone is 2. The van der Waals surface area contributed by atoms with Gasteiger partial charge in [-0.05, 0) is 23.6 Å². The third-order valence-electron chi connectivity index (χ3n) is 4.26. The van der Waals surface area contributed by atoms with Crippen LogP contribution in [0.5, 0.6) is 0 Å². The Labute approximate surface area is 149 Å². The molecule has 2 aromatic rings. The minimum absolute atomic E-state index is 0.258. The van der Waals surface area contributed by atoms with E-state index in [1.807, 2.05) is 18.2 Å². The smallest absolute Gasteiger partial charge is 0.330 e. The summed E-state index contributed by atoms with van der Waals surface area (Å²) in [5, 5.41) is 0. The predicted molar refractivity (Wildman–Crippen MR) is 100 cm³/mol. The molecule has 0 aromatic heterocycles. The first-order valence-electron chi connectivity index (χ1n) is 8.64. The molecule has 1 fully saturated rings. The Balaban J connectivity index is 1.70. The van der Waals surface area contributed by atoms with Gasteiger partial charge in [0.1, 0.15) is 0 Å². The Morgan fingerprint density at radius 1 is 1.04 bits per heavy atom. The molecule has 0 bridgehead atoms. The summed E-state index contributed by atoms with van der Waals surface area (Å²) in [4.78, 5) is 13.8. The number of likely N-dealkylation sites (tertiary alicyclic amines) is 1. The molecule has 0 saturated carbocycles. The van der Waals surface area contributed by atoms with Crippen molar-refractivity contribution in [3.05, 3.63) is 95.6 Å². The largest absolute Gasteiger partial charge is 0.463 e. The van der Waals surface area contributed by atoms with Crippen molar-refractivity contribution in [1.82, 2.24) is 4.90 Å². The summed E-state index contributed by atoms with van der Waals surface area (Å²) >= 11 is 0. The highest BCUT2D eigenvalue weighted by molar-refractivity contribution is 5.82. The molecule has 0 atom stereocenters. The van der Waals surface area contributed by atoms with Gasteiger partial charge >= 0.3 is 5.97 Å². The minimum Gasteiger partial charge on any atom is -0.463 e. The molecule has 0 radical (unpaired) electrons. The van der Waals surface area contributed by atoms with Crippen LogP contribution in [0.3, 0.4) is 0 Å². The van der Waals surface area contributed by atoms with Gasteiger partial charge in [-0.1, -0.05) is 72.8 Å². The summed E-state index contributed by atoms with van der Waals surface area (Å²) in [6.45, 7) is 4.02. The van der Waals surface area contributed by atoms with Crippen LogP contribution >= 0.6 is 0 Å². The monoisotopic (exact) mass is 333 g/mol. The van der Waals surface area contributed by atoms with Crippen LogP contribution in [-0.4, -0.2) is 30.6 Å². The van der Waals surface area contributed by atoms with E-state index in [0.717, 1.165) is 13.1 Å². The third kappa shape index (κ3) is 4.46. The molecule has 2 aromatic carbocycles. The highest BCUT2D eigenvalue weighted by Crippen LogP contribution is 2.33. The summed E-state index contributed by atoms with van der Waals surface area (Å²) in [5.74, 6) is -0.290. The molecular weight excluding hydrogens is 310 g/mol. The van der Waals surface area contributed by atoms with Gasteiger partial charge in [-0.3, -0.25) is 4.90 Å². The lowest BCUT2D eigenvalue weighted by molar-refractivity contribution is -0.137. The van der Waals surface area contributed by atoms with Crippen molar-refractivity contribution in [2.24, 2.45) is 0 Å². The highest BCUT2D eigenvalue weighted by Gasteiger charge is 2.29. The first-order chi connectivity index (χ1) is 12.3. The molecule has 0 unspecified atom stereocenters. The van der Waals surface area contributed by atoms with Gasteiger partial charge in [-0.25, -0.2) is 4.79 Å². The maximum absolute atomic E-state index is 11.3. The first-order valence-corrected chi connectivity index (χ1v) is 8.64. The molecule has 0 amide bonds.